The Bertz CT molecular complexity index is 870. The van der Waals surface area contributed by atoms with E-state index in [9.17, 15) is 35.7 Å². The molecule has 2 heterocycles. The lowest BCUT2D eigenvalue weighted by atomic mass is 9.99. The standard InChI is InChI=1S/C11H20O10.C2H2O/c12-1-4-6(15)7(16)9(18)11(20-4)21-10-8(17)5(14)3(13)2-19-10;1-2-3/h3-18H,1-2H2;1,3H/t3-,4-,5+,6-,7?,8?,9?,10-,11-;/m1./s1/i1D2,3D,4D,5D,6D,7D,8D,9D,10D,11D;. The number of aliphatic hydroxyl groups excluding tert-OH is 1. The molecule has 11 heteroatoms. The van der Waals surface area contributed by atoms with Crippen LogP contribution >= 0.6 is 0 Å². The average molecular weight is 365 g/mol. The molecule has 11 nitrogen and oxygen atoms in total. The third kappa shape index (κ3) is 4.74. The first kappa shape index (κ1) is 9.60. The van der Waals surface area contributed by atoms with Crippen LogP contribution in [-0.4, -0.2) is 109 Å². The molecule has 0 aromatic heterocycles. The topological polar surface area (TPSA) is 190 Å². The molecule has 9 atom stereocenters. The van der Waals surface area contributed by atoms with Crippen LogP contribution in [0.25, 0.3) is 0 Å². The summed E-state index contributed by atoms with van der Waals surface area (Å²) < 4.78 is 96.2. The number of hydrogen-bond acceptors (Lipinski definition) is 11. The van der Waals surface area contributed by atoms with Gasteiger partial charge in [0.2, 0.25) is 0 Å². The van der Waals surface area contributed by atoms with Gasteiger partial charge in [-0.15, -0.1) is 0 Å². The molecule has 0 aromatic rings. The van der Waals surface area contributed by atoms with Crippen LogP contribution in [0, 0.1) is 12.5 Å². The van der Waals surface area contributed by atoms with Crippen molar-refractivity contribution in [1.82, 2.24) is 0 Å². The van der Waals surface area contributed by atoms with Crippen LogP contribution in [0.15, 0.2) is 0 Å². The van der Waals surface area contributed by atoms with E-state index >= 15 is 0 Å². The quantitative estimate of drug-likeness (QED) is 0.224. The molecule has 0 aliphatic carbocycles. The second-order valence-electron chi connectivity index (χ2n) is 3.83. The van der Waals surface area contributed by atoms with E-state index in [0.29, 0.717) is 0 Å². The first-order valence-electron chi connectivity index (χ1n) is 11.2. The SMILES string of the molecule is C#CO.[2H]C1(O)C([2H])(O)[C@]([2H])(O)[C@@]([2H])(C([2H])([2H])O)O[C@]1([2H])O[C@@]1([2H])OC[C@@]([2H])(O)[C@]([2H])(O)C1([2H])O. The Morgan fingerprint density at radius 1 is 1.04 bits per heavy atom. The summed E-state index contributed by atoms with van der Waals surface area (Å²) in [4.78, 5) is 0. The van der Waals surface area contributed by atoms with E-state index in [4.69, 9.17) is 20.2 Å². The molecule has 2 saturated heterocycles. The number of ether oxygens (including phenoxy) is 3. The molecular formula is C13H22O11. The van der Waals surface area contributed by atoms with Gasteiger partial charge in [-0.1, -0.05) is 6.42 Å². The van der Waals surface area contributed by atoms with Crippen molar-refractivity contribution in [2.45, 2.75) is 55.1 Å². The van der Waals surface area contributed by atoms with Crippen molar-refractivity contribution in [1.29, 1.82) is 0 Å². The highest BCUT2D eigenvalue weighted by Gasteiger charge is 2.47. The predicted molar refractivity (Wildman–Crippen MR) is 73.4 cm³/mol. The smallest absolute Gasteiger partial charge is 0.189 e. The Hall–Kier alpha value is -1.04. The van der Waals surface area contributed by atoms with E-state index in [1.165, 1.54) is 6.11 Å². The Morgan fingerprint density at radius 3 is 2.12 bits per heavy atom. The van der Waals surface area contributed by atoms with Crippen molar-refractivity contribution in [3.63, 3.8) is 0 Å². The molecule has 0 aromatic carbocycles. The largest absolute Gasteiger partial charge is 0.462 e. The first-order valence-corrected chi connectivity index (χ1v) is 5.74. The zero-order valence-corrected chi connectivity index (χ0v) is 11.6. The summed E-state index contributed by atoms with van der Waals surface area (Å²) >= 11 is 0. The van der Waals surface area contributed by atoms with E-state index in [-0.39, 0.29) is 0 Å². The van der Waals surface area contributed by atoms with Crippen molar-refractivity contribution >= 4 is 0 Å². The number of terminal acetylenes is 1. The zero-order chi connectivity index (χ0) is 28.5. The molecule has 24 heavy (non-hydrogen) atoms. The minimum absolute atomic E-state index is 1.25. The van der Waals surface area contributed by atoms with E-state index in [1.807, 2.05) is 0 Å². The van der Waals surface area contributed by atoms with E-state index < -0.39 is 68.3 Å². The molecule has 0 radical (unpaired) electrons. The van der Waals surface area contributed by atoms with Gasteiger partial charge in [-0.2, -0.15) is 0 Å². The van der Waals surface area contributed by atoms with Gasteiger partial charge < -0.3 is 55.1 Å². The summed E-state index contributed by atoms with van der Waals surface area (Å²) in [5.74, 6) is 0. The number of rotatable bonds is 3. The lowest BCUT2D eigenvalue weighted by Crippen LogP contribution is -2.62. The summed E-state index contributed by atoms with van der Waals surface area (Å²) in [5.41, 5.74) is 0. The fourth-order valence-electron chi connectivity index (χ4n) is 1.32. The van der Waals surface area contributed by atoms with E-state index in [1.54, 1.807) is 0 Å². The third-order valence-corrected chi connectivity index (χ3v) is 2.37. The monoisotopic (exact) mass is 365 g/mol. The normalized spacial score (nSPS) is 80.5. The molecule has 2 fully saturated rings. The molecule has 0 amide bonds. The van der Waals surface area contributed by atoms with Crippen LogP contribution in [0.4, 0.5) is 0 Å². The van der Waals surface area contributed by atoms with Crippen molar-refractivity contribution in [3.8, 4) is 12.5 Å². The number of hydrogen-bond donors (Lipinski definition) is 8. The van der Waals surface area contributed by atoms with Gasteiger partial charge in [0.1, 0.15) is 48.7 Å². The summed E-state index contributed by atoms with van der Waals surface area (Å²) in [6, 6.07) is 0. The highest BCUT2D eigenvalue weighted by atomic mass is 16.8. The van der Waals surface area contributed by atoms with Gasteiger partial charge >= 0.3 is 0 Å². The Morgan fingerprint density at radius 2 is 1.58 bits per heavy atom. The minimum atomic E-state index is -4.59. The average Bonchev–Trinajstić information content (AvgIpc) is 2.63. The Labute approximate surface area is 152 Å². The molecule has 2 aliphatic heterocycles. The maximum atomic E-state index is 10.2. The van der Waals surface area contributed by atoms with Gasteiger partial charge in [0.15, 0.2) is 12.5 Å². The Balaban J connectivity index is 0.00000194. The molecular weight excluding hydrogens is 332 g/mol. The van der Waals surface area contributed by atoms with E-state index in [2.05, 4.69) is 20.6 Å². The van der Waals surface area contributed by atoms with E-state index in [0.717, 1.165) is 0 Å². The summed E-state index contributed by atoms with van der Waals surface area (Å²) in [7, 11) is 0. The van der Waals surface area contributed by atoms with Gasteiger partial charge in [0.05, 0.1) is 28.2 Å². The molecule has 2 rings (SSSR count). The first-order chi connectivity index (χ1) is 15.0. The molecule has 0 bridgehead atoms. The van der Waals surface area contributed by atoms with Gasteiger partial charge in [0, 0.05) is 0 Å². The molecule has 0 spiro atoms. The van der Waals surface area contributed by atoms with Crippen LogP contribution in [-0.2, 0) is 14.2 Å². The molecule has 3 unspecified atom stereocenters. The predicted octanol–water partition coefficient (Wildman–Crippen LogP) is -4.81. The third-order valence-electron chi connectivity index (χ3n) is 2.37. The zero-order valence-electron chi connectivity index (χ0n) is 22.6. The maximum absolute atomic E-state index is 10.2. The molecule has 0 saturated carbocycles. The second kappa shape index (κ2) is 9.44. The van der Waals surface area contributed by atoms with Crippen molar-refractivity contribution < 1.29 is 70.1 Å². The van der Waals surface area contributed by atoms with Crippen LogP contribution in [0.3, 0.4) is 0 Å². The van der Waals surface area contributed by atoms with Crippen molar-refractivity contribution in [2.75, 3.05) is 13.2 Å². The second-order valence-corrected chi connectivity index (χ2v) is 3.83. The fraction of sp³-hybridized carbons (Fsp3) is 0.846. The Kier molecular flexibility index (Phi) is 3.78. The van der Waals surface area contributed by atoms with Crippen LogP contribution < -0.4 is 0 Å². The highest BCUT2D eigenvalue weighted by molar-refractivity contribution is 4.90. The van der Waals surface area contributed by atoms with Gasteiger partial charge in [-0.3, -0.25) is 0 Å². The highest BCUT2D eigenvalue weighted by Crippen LogP contribution is 2.25. The number of aliphatic hydroxyl groups is 8. The lowest BCUT2D eigenvalue weighted by molar-refractivity contribution is -0.365. The minimum Gasteiger partial charge on any atom is -0.462 e. The van der Waals surface area contributed by atoms with Gasteiger partial charge in [-0.25, -0.2) is 0 Å². The van der Waals surface area contributed by atoms with Gasteiger partial charge in [0.25, 0.3) is 0 Å². The maximum Gasteiger partial charge on any atom is 0.189 e. The fourth-order valence-corrected chi connectivity index (χ4v) is 1.32. The summed E-state index contributed by atoms with van der Waals surface area (Å²) in [6.45, 7) is -5.90. The van der Waals surface area contributed by atoms with Gasteiger partial charge in [-0.05, 0) is 0 Å². The molecule has 2 aliphatic rings. The summed E-state index contributed by atoms with van der Waals surface area (Å²) in [6.07, 6.45) is -33.2. The van der Waals surface area contributed by atoms with Crippen LogP contribution in [0.2, 0.25) is 0 Å². The van der Waals surface area contributed by atoms with Crippen molar-refractivity contribution in [2.24, 2.45) is 0 Å². The lowest BCUT2D eigenvalue weighted by Gasteiger charge is -2.42. The van der Waals surface area contributed by atoms with Crippen LogP contribution in [0.5, 0.6) is 0 Å². The molecule has 8 N–H and O–H groups in total. The van der Waals surface area contributed by atoms with Crippen LogP contribution in [0.1, 0.15) is 15.1 Å². The molecule has 140 valence electrons. The summed E-state index contributed by atoms with van der Waals surface area (Å²) in [5, 5.41) is 76.9. The van der Waals surface area contributed by atoms with Crippen molar-refractivity contribution in [3.05, 3.63) is 0 Å².